The summed E-state index contributed by atoms with van der Waals surface area (Å²) in [6, 6.07) is 0. The predicted octanol–water partition coefficient (Wildman–Crippen LogP) is 2.57. The molecular formula is C5H10S2. The quantitative estimate of drug-likeness (QED) is 0.582. The molecule has 2 heteroatoms. The second kappa shape index (κ2) is 6.44. The van der Waals surface area contributed by atoms with Gasteiger partial charge in [-0.15, -0.1) is 23.5 Å². The lowest BCUT2D eigenvalue weighted by atomic mass is 11.0. The zero-order chi connectivity index (χ0) is 5.54. The first-order valence-corrected chi connectivity index (χ1v) is 4.55. The molecule has 0 N–H and O–H groups in total. The van der Waals surface area contributed by atoms with Crippen molar-refractivity contribution in [1.82, 2.24) is 0 Å². The van der Waals surface area contributed by atoms with Crippen molar-refractivity contribution in [2.75, 3.05) is 12.0 Å². The van der Waals surface area contributed by atoms with E-state index in [0.29, 0.717) is 0 Å². The van der Waals surface area contributed by atoms with Gasteiger partial charge in [-0.05, 0) is 22.8 Å². The minimum atomic E-state index is 1.18. The van der Waals surface area contributed by atoms with E-state index in [0.717, 1.165) is 0 Å². The molecule has 0 aliphatic rings. The van der Waals surface area contributed by atoms with Crippen LogP contribution in [0.1, 0.15) is 6.92 Å². The molecule has 0 bridgehead atoms. The van der Waals surface area contributed by atoms with E-state index in [2.05, 4.69) is 24.0 Å². The highest BCUT2D eigenvalue weighted by Crippen LogP contribution is 2.03. The normalized spacial score (nSPS) is 10.6. The molecule has 0 radical (unpaired) electrons. The molecule has 0 fully saturated rings. The van der Waals surface area contributed by atoms with Crippen molar-refractivity contribution in [1.29, 1.82) is 0 Å². The van der Waals surface area contributed by atoms with Crippen LogP contribution in [0.25, 0.3) is 0 Å². The third kappa shape index (κ3) is 6.44. The third-order valence-corrected chi connectivity index (χ3v) is 1.70. The Hall–Kier alpha value is 0.440. The summed E-state index contributed by atoms with van der Waals surface area (Å²) in [5.41, 5.74) is 0. The summed E-state index contributed by atoms with van der Waals surface area (Å²) in [5.74, 6) is 1.18. The lowest BCUT2D eigenvalue weighted by Crippen LogP contribution is -1.54. The van der Waals surface area contributed by atoms with Gasteiger partial charge in [-0.3, -0.25) is 0 Å². The predicted molar refractivity (Wildman–Crippen MR) is 40.8 cm³/mol. The van der Waals surface area contributed by atoms with Crippen molar-refractivity contribution in [3.8, 4) is 0 Å². The van der Waals surface area contributed by atoms with Crippen LogP contribution in [0.4, 0.5) is 0 Å². The molecule has 0 rings (SSSR count). The lowest BCUT2D eigenvalue weighted by molar-refractivity contribution is 1.54. The Kier molecular flexibility index (Phi) is 6.84. The van der Waals surface area contributed by atoms with E-state index >= 15 is 0 Å². The summed E-state index contributed by atoms with van der Waals surface area (Å²) in [5, 5.41) is 4.21. The summed E-state index contributed by atoms with van der Waals surface area (Å²) in [7, 11) is 0. The van der Waals surface area contributed by atoms with Gasteiger partial charge < -0.3 is 0 Å². The van der Waals surface area contributed by atoms with E-state index < -0.39 is 0 Å². The molecule has 0 heterocycles. The summed E-state index contributed by atoms with van der Waals surface area (Å²) in [6.07, 6.45) is 2.06. The Morgan fingerprint density at radius 3 is 2.57 bits per heavy atom. The van der Waals surface area contributed by atoms with Crippen LogP contribution in [0, 0.1) is 0 Å². The van der Waals surface area contributed by atoms with E-state index in [1.165, 1.54) is 5.75 Å². The summed E-state index contributed by atoms with van der Waals surface area (Å²) in [6.45, 7) is 2.15. The van der Waals surface area contributed by atoms with Gasteiger partial charge in [0.25, 0.3) is 0 Å². The van der Waals surface area contributed by atoms with Gasteiger partial charge in [0.1, 0.15) is 0 Å². The molecule has 7 heavy (non-hydrogen) atoms. The van der Waals surface area contributed by atoms with Gasteiger partial charge in [-0.25, -0.2) is 0 Å². The highest BCUT2D eigenvalue weighted by Gasteiger charge is 1.67. The van der Waals surface area contributed by atoms with E-state index in [1.54, 1.807) is 11.8 Å². The molecule has 0 nitrogen and oxygen atoms in total. The van der Waals surface area contributed by atoms with Crippen LogP contribution in [0.5, 0.6) is 0 Å². The number of rotatable bonds is 3. The van der Waals surface area contributed by atoms with Gasteiger partial charge in [0, 0.05) is 0 Å². The smallest absolute Gasteiger partial charge is 0.00543 e. The first kappa shape index (κ1) is 7.44. The zero-order valence-electron chi connectivity index (χ0n) is 4.68. The Morgan fingerprint density at radius 2 is 2.14 bits per heavy atom. The highest BCUT2D eigenvalue weighted by atomic mass is 32.2. The first-order chi connectivity index (χ1) is 3.41. The fraction of sp³-hybridized carbons (Fsp3) is 0.600. The molecular weight excluding hydrogens is 124 g/mol. The fourth-order valence-corrected chi connectivity index (χ4v) is 1.14. The summed E-state index contributed by atoms with van der Waals surface area (Å²) < 4.78 is 0. The van der Waals surface area contributed by atoms with Crippen LogP contribution in [-0.2, 0) is 0 Å². The van der Waals surface area contributed by atoms with Crippen molar-refractivity contribution in [2.24, 2.45) is 0 Å². The van der Waals surface area contributed by atoms with E-state index in [1.807, 2.05) is 11.8 Å². The first-order valence-electron chi connectivity index (χ1n) is 2.21. The second-order valence-corrected chi connectivity index (χ2v) is 2.89. The Balaban J connectivity index is 2.78. The van der Waals surface area contributed by atoms with Gasteiger partial charge >= 0.3 is 0 Å². The highest BCUT2D eigenvalue weighted by molar-refractivity contribution is 8.05. The average molecular weight is 134 g/mol. The molecule has 0 amide bonds. The van der Waals surface area contributed by atoms with Gasteiger partial charge in [0.2, 0.25) is 0 Å². The maximum atomic E-state index is 2.15. The molecule has 0 saturated heterocycles. The molecule has 0 saturated carbocycles. The minimum Gasteiger partial charge on any atom is -0.137 e. The molecule has 0 aromatic carbocycles. The Morgan fingerprint density at radius 1 is 1.43 bits per heavy atom. The Bertz CT molecular complexity index is 50.0. The van der Waals surface area contributed by atoms with E-state index in [4.69, 9.17) is 0 Å². The van der Waals surface area contributed by atoms with E-state index in [9.17, 15) is 0 Å². The molecule has 42 valence electrons. The molecule has 0 spiro atoms. The number of hydrogen-bond donors (Lipinski definition) is 0. The average Bonchev–Trinajstić information content (AvgIpc) is 1.69. The third-order valence-electron chi connectivity index (χ3n) is 0.455. The largest absolute Gasteiger partial charge is 0.137 e. The number of hydrogen-bond acceptors (Lipinski definition) is 2. The molecule has 0 aliphatic heterocycles. The maximum absolute atomic E-state index is 2.15. The van der Waals surface area contributed by atoms with Gasteiger partial charge in [-0.2, -0.15) is 0 Å². The van der Waals surface area contributed by atoms with E-state index in [-0.39, 0.29) is 0 Å². The lowest BCUT2D eigenvalue weighted by Gasteiger charge is -1.79. The topological polar surface area (TPSA) is 0 Å². The standard InChI is InChI=1S/C5H10S2/c1-3-7-5-4-6-2/h4-5H,3H2,1-2H3. The zero-order valence-corrected chi connectivity index (χ0v) is 6.31. The minimum absolute atomic E-state index is 1.18. The fourth-order valence-electron chi connectivity index (χ4n) is 0.191. The van der Waals surface area contributed by atoms with Crippen LogP contribution in [0.15, 0.2) is 10.8 Å². The van der Waals surface area contributed by atoms with Gasteiger partial charge in [0.05, 0.1) is 0 Å². The SMILES string of the molecule is CCSC=CSC. The van der Waals surface area contributed by atoms with Crippen LogP contribution in [-0.4, -0.2) is 12.0 Å². The van der Waals surface area contributed by atoms with Gasteiger partial charge in [0.15, 0.2) is 0 Å². The van der Waals surface area contributed by atoms with Crippen LogP contribution >= 0.6 is 23.5 Å². The van der Waals surface area contributed by atoms with Crippen molar-refractivity contribution in [2.45, 2.75) is 6.92 Å². The van der Waals surface area contributed by atoms with Gasteiger partial charge in [-0.1, -0.05) is 6.92 Å². The molecule has 0 atom stereocenters. The maximum Gasteiger partial charge on any atom is -0.00543 e. The van der Waals surface area contributed by atoms with Crippen molar-refractivity contribution >= 4 is 23.5 Å². The van der Waals surface area contributed by atoms with Crippen molar-refractivity contribution in [3.05, 3.63) is 10.8 Å². The molecule has 0 unspecified atom stereocenters. The second-order valence-electron chi connectivity index (χ2n) is 0.963. The summed E-state index contributed by atoms with van der Waals surface area (Å²) in [4.78, 5) is 0. The Labute approximate surface area is 53.8 Å². The van der Waals surface area contributed by atoms with Crippen LogP contribution in [0.3, 0.4) is 0 Å². The van der Waals surface area contributed by atoms with Crippen LogP contribution < -0.4 is 0 Å². The number of thioether (sulfide) groups is 2. The van der Waals surface area contributed by atoms with Crippen molar-refractivity contribution < 1.29 is 0 Å². The molecule has 0 aliphatic carbocycles. The summed E-state index contributed by atoms with van der Waals surface area (Å²) >= 11 is 3.57. The van der Waals surface area contributed by atoms with Crippen LogP contribution in [0.2, 0.25) is 0 Å². The molecule has 0 aromatic rings. The van der Waals surface area contributed by atoms with Crippen molar-refractivity contribution in [3.63, 3.8) is 0 Å². The monoisotopic (exact) mass is 134 g/mol. The molecule has 0 aromatic heterocycles.